The third-order valence-electron chi connectivity index (χ3n) is 4.43. The number of piperidine rings is 1. The standard InChI is InChI=1S/C16H27N3O2/c1-4-6-7-14-17-15(21-18-14)13-8-10-19(11-9-13)16(20)12(3)5-2/h12-13H,4-11H2,1-3H3/t12-/m1/s1. The van der Waals surface area contributed by atoms with Crippen LogP contribution in [0.15, 0.2) is 4.52 Å². The number of hydrogen-bond donors (Lipinski definition) is 0. The third-order valence-corrected chi connectivity index (χ3v) is 4.43. The van der Waals surface area contributed by atoms with E-state index < -0.39 is 0 Å². The normalized spacial score (nSPS) is 18.0. The average molecular weight is 293 g/mol. The minimum absolute atomic E-state index is 0.130. The number of amides is 1. The van der Waals surface area contributed by atoms with E-state index in [-0.39, 0.29) is 11.8 Å². The molecule has 1 aliphatic rings. The lowest BCUT2D eigenvalue weighted by Crippen LogP contribution is -2.40. The van der Waals surface area contributed by atoms with Gasteiger partial charge in [0.05, 0.1) is 0 Å². The summed E-state index contributed by atoms with van der Waals surface area (Å²) < 4.78 is 5.40. The van der Waals surface area contributed by atoms with Gasteiger partial charge in [-0.15, -0.1) is 0 Å². The molecule has 2 heterocycles. The molecule has 0 aromatic carbocycles. The number of carbonyl (C=O) groups excluding carboxylic acids is 1. The van der Waals surface area contributed by atoms with Crippen LogP contribution in [0.3, 0.4) is 0 Å². The molecule has 1 amide bonds. The molecule has 0 N–H and O–H groups in total. The number of nitrogens with zero attached hydrogens (tertiary/aromatic N) is 3. The van der Waals surface area contributed by atoms with Crippen molar-refractivity contribution in [3.05, 3.63) is 11.7 Å². The highest BCUT2D eigenvalue weighted by atomic mass is 16.5. The summed E-state index contributed by atoms with van der Waals surface area (Å²) in [6.45, 7) is 7.84. The van der Waals surface area contributed by atoms with E-state index in [1.54, 1.807) is 0 Å². The van der Waals surface area contributed by atoms with Gasteiger partial charge in [-0.3, -0.25) is 4.79 Å². The van der Waals surface area contributed by atoms with Crippen LogP contribution in [-0.2, 0) is 11.2 Å². The van der Waals surface area contributed by atoms with Crippen molar-refractivity contribution in [3.63, 3.8) is 0 Å². The van der Waals surface area contributed by atoms with E-state index in [4.69, 9.17) is 4.52 Å². The maximum Gasteiger partial charge on any atom is 0.229 e. The Hall–Kier alpha value is -1.39. The van der Waals surface area contributed by atoms with Crippen molar-refractivity contribution in [2.24, 2.45) is 5.92 Å². The first kappa shape index (κ1) is 16.0. The minimum atomic E-state index is 0.130. The Kier molecular flexibility index (Phi) is 5.76. The van der Waals surface area contributed by atoms with Gasteiger partial charge in [-0.1, -0.05) is 32.3 Å². The molecule has 0 spiro atoms. The van der Waals surface area contributed by atoms with Crippen molar-refractivity contribution in [1.82, 2.24) is 15.0 Å². The monoisotopic (exact) mass is 293 g/mol. The lowest BCUT2D eigenvalue weighted by atomic mass is 9.95. The molecule has 1 fully saturated rings. The Morgan fingerprint density at radius 3 is 2.71 bits per heavy atom. The summed E-state index contributed by atoms with van der Waals surface area (Å²) in [5.74, 6) is 2.31. The summed E-state index contributed by atoms with van der Waals surface area (Å²) in [4.78, 5) is 18.7. The largest absolute Gasteiger partial charge is 0.342 e. The zero-order chi connectivity index (χ0) is 15.2. The summed E-state index contributed by atoms with van der Waals surface area (Å²) in [6, 6.07) is 0. The molecule has 0 bridgehead atoms. The Morgan fingerprint density at radius 2 is 2.10 bits per heavy atom. The molecule has 118 valence electrons. The van der Waals surface area contributed by atoms with Crippen LogP contribution in [0.4, 0.5) is 0 Å². The molecule has 2 rings (SSSR count). The van der Waals surface area contributed by atoms with Crippen LogP contribution in [-0.4, -0.2) is 34.0 Å². The highest BCUT2D eigenvalue weighted by Gasteiger charge is 2.28. The number of hydrogen-bond acceptors (Lipinski definition) is 4. The zero-order valence-corrected chi connectivity index (χ0v) is 13.5. The number of aryl methyl sites for hydroxylation is 1. The van der Waals surface area contributed by atoms with Crippen LogP contribution < -0.4 is 0 Å². The molecule has 5 nitrogen and oxygen atoms in total. The van der Waals surface area contributed by atoms with Crippen LogP contribution in [0.1, 0.15) is 70.5 Å². The summed E-state index contributed by atoms with van der Waals surface area (Å²) >= 11 is 0. The van der Waals surface area contributed by atoms with Gasteiger partial charge < -0.3 is 9.42 Å². The minimum Gasteiger partial charge on any atom is -0.342 e. The van der Waals surface area contributed by atoms with E-state index in [0.29, 0.717) is 5.92 Å². The first-order valence-corrected chi connectivity index (χ1v) is 8.26. The van der Waals surface area contributed by atoms with Crippen LogP contribution in [0, 0.1) is 5.92 Å². The summed E-state index contributed by atoms with van der Waals surface area (Å²) in [5, 5.41) is 4.06. The summed E-state index contributed by atoms with van der Waals surface area (Å²) in [6.07, 6.45) is 5.89. The topological polar surface area (TPSA) is 59.2 Å². The Labute approximate surface area is 127 Å². The van der Waals surface area contributed by atoms with Gasteiger partial charge in [0.1, 0.15) is 0 Å². The molecule has 0 unspecified atom stereocenters. The van der Waals surface area contributed by atoms with Gasteiger partial charge >= 0.3 is 0 Å². The van der Waals surface area contributed by atoms with Gasteiger partial charge in [0, 0.05) is 31.3 Å². The maximum absolute atomic E-state index is 12.2. The fourth-order valence-corrected chi connectivity index (χ4v) is 2.70. The maximum atomic E-state index is 12.2. The summed E-state index contributed by atoms with van der Waals surface area (Å²) in [7, 11) is 0. The van der Waals surface area contributed by atoms with Gasteiger partial charge in [0.15, 0.2) is 5.82 Å². The molecule has 1 aromatic heterocycles. The zero-order valence-electron chi connectivity index (χ0n) is 13.5. The predicted octanol–water partition coefficient (Wildman–Crippen LogP) is 3.16. The SMILES string of the molecule is CCCCc1noc(C2CCN(C(=O)[C@H](C)CC)CC2)n1. The Bertz CT molecular complexity index is 450. The molecule has 1 atom stereocenters. The second kappa shape index (κ2) is 7.57. The predicted molar refractivity (Wildman–Crippen MR) is 80.9 cm³/mol. The van der Waals surface area contributed by atoms with Gasteiger partial charge in [0.2, 0.25) is 11.8 Å². The Morgan fingerprint density at radius 1 is 1.38 bits per heavy atom. The number of carbonyl (C=O) groups is 1. The molecule has 0 radical (unpaired) electrons. The lowest BCUT2D eigenvalue weighted by Gasteiger charge is -2.32. The molecule has 0 aliphatic carbocycles. The van der Waals surface area contributed by atoms with Crippen molar-refractivity contribution in [1.29, 1.82) is 0 Å². The molecule has 21 heavy (non-hydrogen) atoms. The van der Waals surface area contributed by atoms with Crippen molar-refractivity contribution in [2.45, 2.75) is 65.2 Å². The molecule has 1 aliphatic heterocycles. The molecule has 1 aromatic rings. The summed E-state index contributed by atoms with van der Waals surface area (Å²) in [5.41, 5.74) is 0. The van der Waals surface area contributed by atoms with E-state index in [9.17, 15) is 4.79 Å². The fourth-order valence-electron chi connectivity index (χ4n) is 2.70. The van der Waals surface area contributed by atoms with Crippen molar-refractivity contribution in [2.75, 3.05) is 13.1 Å². The van der Waals surface area contributed by atoms with E-state index in [0.717, 1.165) is 63.3 Å². The average Bonchev–Trinajstić information content (AvgIpc) is 3.00. The van der Waals surface area contributed by atoms with E-state index >= 15 is 0 Å². The van der Waals surface area contributed by atoms with E-state index in [2.05, 4.69) is 24.0 Å². The Balaban J connectivity index is 1.86. The van der Waals surface area contributed by atoms with Crippen molar-refractivity contribution >= 4 is 5.91 Å². The number of likely N-dealkylation sites (tertiary alicyclic amines) is 1. The smallest absolute Gasteiger partial charge is 0.229 e. The van der Waals surface area contributed by atoms with Crippen LogP contribution in [0.2, 0.25) is 0 Å². The number of aromatic nitrogens is 2. The quantitative estimate of drug-likeness (QED) is 0.808. The fraction of sp³-hybridized carbons (Fsp3) is 0.812. The molecular formula is C16H27N3O2. The first-order chi connectivity index (χ1) is 10.2. The second-order valence-electron chi connectivity index (χ2n) is 6.06. The van der Waals surface area contributed by atoms with Crippen LogP contribution >= 0.6 is 0 Å². The first-order valence-electron chi connectivity index (χ1n) is 8.26. The van der Waals surface area contributed by atoms with Crippen molar-refractivity contribution in [3.8, 4) is 0 Å². The molecule has 0 saturated carbocycles. The van der Waals surface area contributed by atoms with Gasteiger partial charge in [-0.2, -0.15) is 4.98 Å². The number of unbranched alkanes of at least 4 members (excludes halogenated alkanes) is 1. The highest BCUT2D eigenvalue weighted by Crippen LogP contribution is 2.27. The van der Waals surface area contributed by atoms with Crippen molar-refractivity contribution < 1.29 is 9.32 Å². The van der Waals surface area contributed by atoms with E-state index in [1.165, 1.54) is 0 Å². The van der Waals surface area contributed by atoms with Gasteiger partial charge in [0.25, 0.3) is 0 Å². The second-order valence-corrected chi connectivity index (χ2v) is 6.06. The van der Waals surface area contributed by atoms with Gasteiger partial charge in [-0.25, -0.2) is 0 Å². The van der Waals surface area contributed by atoms with Crippen LogP contribution in [0.25, 0.3) is 0 Å². The molecule has 1 saturated heterocycles. The third kappa shape index (κ3) is 4.05. The van der Waals surface area contributed by atoms with E-state index in [1.807, 2.05) is 11.8 Å². The lowest BCUT2D eigenvalue weighted by molar-refractivity contribution is -0.136. The molecular weight excluding hydrogens is 266 g/mol. The molecule has 5 heteroatoms. The number of rotatable bonds is 6. The van der Waals surface area contributed by atoms with Crippen LogP contribution in [0.5, 0.6) is 0 Å². The van der Waals surface area contributed by atoms with Gasteiger partial charge in [-0.05, 0) is 25.7 Å². The highest BCUT2D eigenvalue weighted by molar-refractivity contribution is 5.78.